The Hall–Kier alpha value is -2.67. The topological polar surface area (TPSA) is 66.7 Å². The number of halogens is 2. The summed E-state index contributed by atoms with van der Waals surface area (Å²) in [5, 5.41) is 11.4. The van der Waals surface area contributed by atoms with Gasteiger partial charge in [-0.1, -0.05) is 17.7 Å². The van der Waals surface area contributed by atoms with E-state index in [0.29, 0.717) is 5.69 Å². The van der Waals surface area contributed by atoms with Gasteiger partial charge in [0.25, 0.3) is 11.6 Å². The molecule has 0 atom stereocenters. The normalized spacial score (nSPS) is 13.7. The minimum absolute atomic E-state index is 0.0352. The van der Waals surface area contributed by atoms with Crippen molar-refractivity contribution in [1.82, 2.24) is 4.90 Å². The summed E-state index contributed by atoms with van der Waals surface area (Å²) in [4.78, 5) is 27.0. The molecular weight excluding hydrogens is 373 g/mol. The highest BCUT2D eigenvalue weighted by Gasteiger charge is 2.25. The van der Waals surface area contributed by atoms with Gasteiger partial charge in [0.15, 0.2) is 0 Å². The van der Waals surface area contributed by atoms with Gasteiger partial charge in [0.05, 0.1) is 16.2 Å². The van der Waals surface area contributed by atoms with E-state index in [9.17, 15) is 19.3 Å². The Bertz CT molecular complexity index is 864. The lowest BCUT2D eigenvalue weighted by molar-refractivity contribution is -0.384. The van der Waals surface area contributed by atoms with Crippen LogP contribution >= 0.6 is 11.6 Å². The van der Waals surface area contributed by atoms with E-state index < -0.39 is 16.6 Å². The van der Waals surface area contributed by atoms with Crippen molar-refractivity contribution in [3.63, 3.8) is 0 Å². The molecule has 1 aliphatic heterocycles. The minimum atomic E-state index is -0.529. The maximum Gasteiger partial charge on any atom is 0.270 e. The molecule has 0 aromatic heterocycles. The van der Waals surface area contributed by atoms with Gasteiger partial charge in [0.1, 0.15) is 5.82 Å². The molecule has 6 nitrogen and oxygen atoms in total. The minimum Gasteiger partial charge on any atom is -0.371 e. The van der Waals surface area contributed by atoms with Gasteiger partial charge >= 0.3 is 0 Å². The zero-order chi connectivity index (χ0) is 19.6. The first-order valence-corrected chi connectivity index (χ1v) is 8.98. The van der Waals surface area contributed by atoms with Crippen LogP contribution in [0.25, 0.3) is 0 Å². The van der Waals surface area contributed by atoms with Crippen molar-refractivity contribution >= 4 is 28.9 Å². The fraction of sp³-hybridized carbons (Fsp3) is 0.316. The van der Waals surface area contributed by atoms with Crippen molar-refractivity contribution in [2.75, 3.05) is 25.0 Å². The van der Waals surface area contributed by atoms with Crippen molar-refractivity contribution in [3.8, 4) is 0 Å². The standard InChI is InChI=1S/C19H19ClFN3O3/c1-22(12-15-16(20)5-4-6-17(15)21)19(25)14-11-13(24(26)27)7-8-18(14)23-9-2-3-10-23/h4-8,11H,2-3,9-10,12H2,1H3. The molecule has 0 N–H and O–H groups in total. The first-order chi connectivity index (χ1) is 12.9. The number of rotatable bonds is 5. The van der Waals surface area contributed by atoms with Gasteiger partial charge in [0, 0.05) is 49.4 Å². The molecule has 2 aromatic carbocycles. The number of hydrogen-bond acceptors (Lipinski definition) is 4. The molecular formula is C19H19ClFN3O3. The predicted octanol–water partition coefficient (Wildman–Crippen LogP) is 4.26. The lowest BCUT2D eigenvalue weighted by Crippen LogP contribution is -2.29. The lowest BCUT2D eigenvalue weighted by Gasteiger charge is -2.24. The van der Waals surface area contributed by atoms with Crippen LogP contribution in [0.3, 0.4) is 0 Å². The number of hydrogen-bond donors (Lipinski definition) is 0. The van der Waals surface area contributed by atoms with Crippen molar-refractivity contribution in [2.45, 2.75) is 19.4 Å². The van der Waals surface area contributed by atoms with Gasteiger partial charge in [-0.2, -0.15) is 0 Å². The van der Waals surface area contributed by atoms with E-state index in [2.05, 4.69) is 0 Å². The molecule has 0 aliphatic carbocycles. The summed E-state index contributed by atoms with van der Waals surface area (Å²) in [6, 6.07) is 8.63. The Morgan fingerprint density at radius 2 is 2.00 bits per heavy atom. The van der Waals surface area contributed by atoms with Crippen LogP contribution in [0, 0.1) is 15.9 Å². The number of nitro groups is 1. The number of benzene rings is 2. The molecule has 0 radical (unpaired) electrons. The third kappa shape index (κ3) is 4.03. The maximum atomic E-state index is 14.1. The molecule has 0 bridgehead atoms. The zero-order valence-electron chi connectivity index (χ0n) is 14.8. The molecule has 0 spiro atoms. The smallest absolute Gasteiger partial charge is 0.270 e. The van der Waals surface area contributed by atoms with E-state index in [1.54, 1.807) is 12.1 Å². The van der Waals surface area contributed by atoms with Crippen LogP contribution in [0.15, 0.2) is 36.4 Å². The number of nitrogens with zero attached hydrogens (tertiary/aromatic N) is 3. The van der Waals surface area contributed by atoms with E-state index >= 15 is 0 Å². The summed E-state index contributed by atoms with van der Waals surface area (Å²) in [7, 11) is 1.53. The number of non-ortho nitro benzene ring substituents is 1. The average molecular weight is 392 g/mol. The largest absolute Gasteiger partial charge is 0.371 e. The van der Waals surface area contributed by atoms with E-state index in [0.717, 1.165) is 25.9 Å². The Morgan fingerprint density at radius 1 is 1.30 bits per heavy atom. The van der Waals surface area contributed by atoms with Crippen molar-refractivity contribution < 1.29 is 14.1 Å². The molecule has 142 valence electrons. The highest BCUT2D eigenvalue weighted by molar-refractivity contribution is 6.31. The second-order valence-electron chi connectivity index (χ2n) is 6.51. The number of amides is 1. The molecule has 8 heteroatoms. The summed E-state index contributed by atoms with van der Waals surface area (Å²) in [5.74, 6) is -0.916. The SMILES string of the molecule is CN(Cc1c(F)cccc1Cl)C(=O)c1cc([N+](=O)[O-])ccc1N1CCCC1. The van der Waals surface area contributed by atoms with Crippen LogP contribution in [-0.2, 0) is 6.54 Å². The van der Waals surface area contributed by atoms with Gasteiger partial charge in [-0.25, -0.2) is 4.39 Å². The molecule has 27 heavy (non-hydrogen) atoms. The Balaban J connectivity index is 1.94. The van der Waals surface area contributed by atoms with Crippen LogP contribution in [0.2, 0.25) is 5.02 Å². The van der Waals surface area contributed by atoms with Crippen LogP contribution in [-0.4, -0.2) is 35.9 Å². The zero-order valence-corrected chi connectivity index (χ0v) is 15.6. The van der Waals surface area contributed by atoms with Crippen molar-refractivity contribution in [2.24, 2.45) is 0 Å². The van der Waals surface area contributed by atoms with Crippen LogP contribution in [0.4, 0.5) is 15.8 Å². The Labute approximate surface area is 161 Å². The van der Waals surface area contributed by atoms with Gasteiger partial charge in [-0.15, -0.1) is 0 Å². The summed E-state index contributed by atoms with van der Waals surface area (Å²) >= 11 is 6.05. The highest BCUT2D eigenvalue weighted by Crippen LogP contribution is 2.30. The number of anilines is 1. The van der Waals surface area contributed by atoms with Crippen LogP contribution in [0.5, 0.6) is 0 Å². The van der Waals surface area contributed by atoms with E-state index in [1.807, 2.05) is 4.90 Å². The molecule has 1 heterocycles. The number of carbonyl (C=O) groups is 1. The summed E-state index contributed by atoms with van der Waals surface area (Å²) in [5.41, 5.74) is 0.956. The maximum absolute atomic E-state index is 14.1. The number of carbonyl (C=O) groups excluding carboxylic acids is 1. The van der Waals surface area contributed by atoms with Crippen LogP contribution in [0.1, 0.15) is 28.8 Å². The molecule has 1 fully saturated rings. The van der Waals surface area contributed by atoms with Crippen molar-refractivity contribution in [1.29, 1.82) is 0 Å². The molecule has 2 aromatic rings. The quantitative estimate of drug-likeness (QED) is 0.564. The van der Waals surface area contributed by atoms with Crippen molar-refractivity contribution in [3.05, 3.63) is 68.5 Å². The second kappa shape index (κ2) is 7.92. The summed E-state index contributed by atoms with van der Waals surface area (Å²) < 4.78 is 14.1. The second-order valence-corrected chi connectivity index (χ2v) is 6.92. The summed E-state index contributed by atoms with van der Waals surface area (Å²) in [6.45, 7) is 1.55. The number of nitro benzene ring substituents is 1. The molecule has 0 unspecified atom stereocenters. The van der Waals surface area contributed by atoms with Gasteiger partial charge < -0.3 is 9.80 Å². The molecule has 1 saturated heterocycles. The lowest BCUT2D eigenvalue weighted by atomic mass is 10.1. The van der Waals surface area contributed by atoms with Crippen LogP contribution < -0.4 is 4.90 Å². The predicted molar refractivity (Wildman–Crippen MR) is 102 cm³/mol. The average Bonchev–Trinajstić information content (AvgIpc) is 3.18. The van der Waals surface area contributed by atoms with E-state index in [1.165, 1.54) is 36.2 Å². The third-order valence-electron chi connectivity index (χ3n) is 4.67. The molecule has 1 amide bonds. The molecule has 1 aliphatic rings. The Morgan fingerprint density at radius 3 is 2.63 bits per heavy atom. The fourth-order valence-corrected chi connectivity index (χ4v) is 3.46. The third-order valence-corrected chi connectivity index (χ3v) is 5.03. The summed E-state index contributed by atoms with van der Waals surface area (Å²) in [6.07, 6.45) is 2.01. The van der Waals surface area contributed by atoms with Gasteiger partial charge in [-0.3, -0.25) is 14.9 Å². The molecule has 0 saturated carbocycles. The Kier molecular flexibility index (Phi) is 5.60. The fourth-order valence-electron chi connectivity index (χ4n) is 3.24. The highest BCUT2D eigenvalue weighted by atomic mass is 35.5. The van der Waals surface area contributed by atoms with E-state index in [4.69, 9.17) is 11.6 Å². The first-order valence-electron chi connectivity index (χ1n) is 8.60. The monoisotopic (exact) mass is 391 g/mol. The van der Waals surface area contributed by atoms with Gasteiger partial charge in [-0.05, 0) is 31.0 Å². The van der Waals surface area contributed by atoms with E-state index in [-0.39, 0.29) is 28.4 Å². The first kappa shape index (κ1) is 19.1. The van der Waals surface area contributed by atoms with Gasteiger partial charge in [0.2, 0.25) is 0 Å². The molecule has 3 rings (SSSR count).